The Hall–Kier alpha value is -2.65. The molecule has 0 aromatic rings. The molecule has 2 aliphatic heterocycles. The number of pyridine rings is 1. The van der Waals surface area contributed by atoms with Gasteiger partial charge in [0.2, 0.25) is 0 Å². The van der Waals surface area contributed by atoms with Crippen LogP contribution in [0.3, 0.4) is 0 Å². The van der Waals surface area contributed by atoms with Crippen LogP contribution in [0, 0.1) is 0 Å². The molecule has 0 fully saturated rings. The molecule has 2 aliphatic rings. The lowest BCUT2D eigenvalue weighted by Gasteiger charge is -2.00. The van der Waals surface area contributed by atoms with E-state index in [1.807, 2.05) is 0 Å². The minimum Gasteiger partial charge on any atom is -0.475 e. The number of carboxylic acid groups (broad SMARTS) is 2. The molecule has 0 amide bonds. The van der Waals surface area contributed by atoms with Crippen LogP contribution >= 0.6 is 0 Å². The van der Waals surface area contributed by atoms with Crippen LogP contribution < -0.4 is 0 Å². The fourth-order valence-corrected chi connectivity index (χ4v) is 0.958. The van der Waals surface area contributed by atoms with E-state index in [-0.39, 0.29) is 0 Å². The zero-order chi connectivity index (χ0) is 14.6. The topological polar surface area (TPSA) is 105 Å². The van der Waals surface area contributed by atoms with Crippen molar-refractivity contribution in [3.05, 3.63) is 24.8 Å². The average molecular weight is 277 g/mol. The number of fused-ring (bicyclic) bond motifs is 1. The van der Waals surface area contributed by atoms with Gasteiger partial charge in [0, 0.05) is 12.4 Å². The maximum absolute atomic E-state index is 10.6. The summed E-state index contributed by atoms with van der Waals surface area (Å²) in [6, 6.07) is 1.61. The van der Waals surface area contributed by atoms with Crippen LogP contribution in [-0.2, 0) is 4.79 Å². The van der Waals surface area contributed by atoms with E-state index in [1.165, 1.54) is 18.7 Å². The maximum atomic E-state index is 10.6. The molecule has 2 N–H and O–H groups in total. The summed E-state index contributed by atoms with van der Waals surface area (Å²) < 4.78 is 32.8. The fraction of sp³-hybridized carbons (Fsp3) is 0.111. The molecule has 2 heterocycles. The molecule has 0 saturated carbocycles. The lowest BCUT2D eigenvalue weighted by molar-refractivity contribution is -0.192. The van der Waals surface area contributed by atoms with E-state index in [1.54, 1.807) is 6.07 Å². The third-order valence-electron chi connectivity index (χ3n) is 1.77. The minimum atomic E-state index is -5.08. The molecule has 19 heavy (non-hydrogen) atoms. The van der Waals surface area contributed by atoms with E-state index in [9.17, 15) is 18.0 Å². The van der Waals surface area contributed by atoms with E-state index in [2.05, 4.69) is 9.97 Å². The average Bonchev–Trinajstić information content (AvgIpc) is 2.74. The summed E-state index contributed by atoms with van der Waals surface area (Å²) >= 11 is 0. The Morgan fingerprint density at radius 2 is 1.68 bits per heavy atom. The summed E-state index contributed by atoms with van der Waals surface area (Å²) in [6.07, 6.45) is -1.86. The molecule has 0 aromatic carbocycles. The van der Waals surface area contributed by atoms with Gasteiger partial charge in [-0.2, -0.15) is 13.2 Å². The van der Waals surface area contributed by atoms with Gasteiger partial charge in [-0.3, -0.25) is 4.57 Å². The number of rotatable bonds is 0. The summed E-state index contributed by atoms with van der Waals surface area (Å²) in [5.41, 5.74) is 1.28. The molecule has 102 valence electrons. The Kier molecular flexibility index (Phi) is 4.04. The maximum Gasteiger partial charge on any atom is 0.490 e. The molecule has 0 aromatic heterocycles. The van der Waals surface area contributed by atoms with Crippen molar-refractivity contribution >= 4 is 12.1 Å². The van der Waals surface area contributed by atoms with Crippen molar-refractivity contribution in [3.8, 4) is 11.4 Å². The molecule has 0 unspecified atom stereocenters. The Labute approximate surface area is 103 Å². The first-order valence-corrected chi connectivity index (χ1v) is 4.54. The van der Waals surface area contributed by atoms with Crippen LogP contribution in [-0.4, -0.2) is 43.0 Å². The number of aliphatic carboxylic acids is 1. The highest BCUT2D eigenvalue weighted by Gasteiger charge is 2.38. The largest absolute Gasteiger partial charge is 0.490 e. The van der Waals surface area contributed by atoms with Crippen molar-refractivity contribution < 1.29 is 33.0 Å². The van der Waals surface area contributed by atoms with Gasteiger partial charge in [-0.1, -0.05) is 0 Å². The molecule has 0 spiro atoms. The van der Waals surface area contributed by atoms with E-state index >= 15 is 0 Å². The quantitative estimate of drug-likeness (QED) is 0.756. The SMILES string of the molecule is O=C(O)C(F)(F)F.O=C(O)n1ccc2ncnc-2c1. The van der Waals surface area contributed by atoms with Crippen molar-refractivity contribution in [1.82, 2.24) is 14.5 Å². The predicted octanol–water partition coefficient (Wildman–Crippen LogP) is 1.54. The summed E-state index contributed by atoms with van der Waals surface area (Å²) in [4.78, 5) is 27.1. The summed E-state index contributed by atoms with van der Waals surface area (Å²) in [5.74, 6) is -2.76. The van der Waals surface area contributed by atoms with E-state index in [4.69, 9.17) is 15.0 Å². The van der Waals surface area contributed by atoms with Crippen LogP contribution in [0.15, 0.2) is 24.8 Å². The number of carboxylic acids is 1. The molecule has 0 atom stereocenters. The van der Waals surface area contributed by atoms with Gasteiger partial charge >= 0.3 is 18.2 Å². The van der Waals surface area contributed by atoms with Crippen molar-refractivity contribution in [2.45, 2.75) is 6.18 Å². The van der Waals surface area contributed by atoms with E-state index < -0.39 is 18.2 Å². The number of imidazole rings is 1. The number of aromatic nitrogens is 3. The first-order valence-electron chi connectivity index (χ1n) is 4.54. The van der Waals surface area contributed by atoms with Crippen LogP contribution in [0.2, 0.25) is 0 Å². The molecule has 0 saturated heterocycles. The Morgan fingerprint density at radius 3 is 2.16 bits per heavy atom. The van der Waals surface area contributed by atoms with Crippen molar-refractivity contribution in [2.75, 3.05) is 0 Å². The van der Waals surface area contributed by atoms with Crippen LogP contribution in [0.1, 0.15) is 0 Å². The Balaban J connectivity index is 0.000000224. The van der Waals surface area contributed by atoms with Gasteiger partial charge in [0.25, 0.3) is 0 Å². The number of halogens is 3. The number of alkyl halides is 3. The van der Waals surface area contributed by atoms with Crippen molar-refractivity contribution in [2.24, 2.45) is 0 Å². The van der Waals surface area contributed by atoms with Gasteiger partial charge in [-0.25, -0.2) is 19.6 Å². The van der Waals surface area contributed by atoms with Crippen LogP contribution in [0.4, 0.5) is 18.0 Å². The second-order valence-corrected chi connectivity index (χ2v) is 3.08. The standard InChI is InChI=1S/C7H5N3O2.C2HF3O2/c11-7(12)10-2-1-5-6(3-10)9-4-8-5;3-2(4,5)1(6)7/h1-4H,(H,11,12);(H,6,7). The summed E-state index contributed by atoms with van der Waals surface area (Å²) in [5, 5.41) is 15.7. The zero-order valence-corrected chi connectivity index (χ0v) is 9.00. The van der Waals surface area contributed by atoms with Crippen molar-refractivity contribution in [1.29, 1.82) is 0 Å². The molecule has 0 aliphatic carbocycles. The molecule has 7 nitrogen and oxygen atoms in total. The van der Waals surface area contributed by atoms with Gasteiger partial charge in [0.05, 0.1) is 5.69 Å². The second-order valence-electron chi connectivity index (χ2n) is 3.08. The number of carbonyl (C=O) groups is 2. The van der Waals surface area contributed by atoms with Gasteiger partial charge in [0.1, 0.15) is 12.0 Å². The minimum absolute atomic E-state index is 0.583. The summed E-state index contributed by atoms with van der Waals surface area (Å²) in [6.45, 7) is 0. The highest BCUT2D eigenvalue weighted by molar-refractivity contribution is 5.73. The summed E-state index contributed by atoms with van der Waals surface area (Å²) in [7, 11) is 0. The van der Waals surface area contributed by atoms with Crippen LogP contribution in [0.25, 0.3) is 11.4 Å². The smallest absolute Gasteiger partial charge is 0.475 e. The van der Waals surface area contributed by atoms with E-state index in [0.29, 0.717) is 11.4 Å². The van der Waals surface area contributed by atoms with E-state index in [0.717, 1.165) is 4.57 Å². The van der Waals surface area contributed by atoms with Gasteiger partial charge in [0.15, 0.2) is 0 Å². The predicted molar refractivity (Wildman–Crippen MR) is 53.8 cm³/mol. The molecule has 0 bridgehead atoms. The first-order chi connectivity index (χ1) is 8.71. The normalized spacial score (nSPS) is 10.7. The molecular formula is C9H6F3N3O4. The lowest BCUT2D eigenvalue weighted by atomic mass is 10.3. The second kappa shape index (κ2) is 5.33. The molecule has 2 rings (SSSR count). The molecule has 0 radical (unpaired) electrons. The molecule has 10 heteroatoms. The Bertz CT molecular complexity index is 566. The first kappa shape index (κ1) is 14.4. The number of nitrogens with zero attached hydrogens (tertiary/aromatic N) is 3. The number of hydrogen-bond donors (Lipinski definition) is 2. The highest BCUT2D eigenvalue weighted by Crippen LogP contribution is 2.14. The fourth-order valence-electron chi connectivity index (χ4n) is 0.958. The van der Waals surface area contributed by atoms with Crippen molar-refractivity contribution in [3.63, 3.8) is 0 Å². The Morgan fingerprint density at radius 1 is 1.16 bits per heavy atom. The lowest BCUT2D eigenvalue weighted by Crippen LogP contribution is -2.21. The third-order valence-corrected chi connectivity index (χ3v) is 1.77. The highest BCUT2D eigenvalue weighted by atomic mass is 19.4. The number of hydrogen-bond acceptors (Lipinski definition) is 4. The molecular weight excluding hydrogens is 271 g/mol. The van der Waals surface area contributed by atoms with Crippen LogP contribution in [0.5, 0.6) is 0 Å². The van der Waals surface area contributed by atoms with Gasteiger partial charge in [-0.15, -0.1) is 0 Å². The zero-order valence-electron chi connectivity index (χ0n) is 9.00. The van der Waals surface area contributed by atoms with Gasteiger partial charge < -0.3 is 10.2 Å². The monoisotopic (exact) mass is 277 g/mol. The third kappa shape index (κ3) is 3.94. The van der Waals surface area contributed by atoms with Gasteiger partial charge in [-0.05, 0) is 6.07 Å².